The number of para-hydroxylation sites is 1. The summed E-state index contributed by atoms with van der Waals surface area (Å²) in [5.74, 6) is -1.61. The van der Waals surface area contributed by atoms with E-state index in [4.69, 9.17) is 4.74 Å². The van der Waals surface area contributed by atoms with E-state index in [0.29, 0.717) is 22.9 Å². The quantitative estimate of drug-likeness (QED) is 0.423. The number of fused-ring (bicyclic) bond motifs is 1. The number of ether oxygens (including phenoxy) is 1. The molecule has 0 spiro atoms. The molecule has 2 aromatic carbocycles. The average molecular weight is 436 g/mol. The fourth-order valence-electron chi connectivity index (χ4n) is 3.01. The lowest BCUT2D eigenvalue weighted by atomic mass is 10.2. The van der Waals surface area contributed by atoms with Crippen LogP contribution in [0.2, 0.25) is 0 Å². The number of esters is 1. The summed E-state index contributed by atoms with van der Waals surface area (Å²) in [5.41, 5.74) is 1.59. The van der Waals surface area contributed by atoms with Crippen LogP contribution >= 0.6 is 11.3 Å². The number of halogens is 1. The SMILES string of the molecule is CCN(C(=O)COC(=O)c1nccnc1-c1nc2ccccc2s1)c1ccc(F)cc1. The molecule has 0 saturated carbocycles. The highest BCUT2D eigenvalue weighted by Gasteiger charge is 2.22. The van der Waals surface area contributed by atoms with E-state index in [1.54, 1.807) is 6.92 Å². The van der Waals surface area contributed by atoms with Crippen LogP contribution in [-0.2, 0) is 9.53 Å². The number of carbonyl (C=O) groups is 2. The molecular formula is C22H17FN4O3S. The fraction of sp³-hybridized carbons (Fsp3) is 0.136. The predicted octanol–water partition coefficient (Wildman–Crippen LogP) is 4.10. The number of rotatable bonds is 6. The number of amides is 1. The second-order valence-corrected chi connectivity index (χ2v) is 7.46. The highest BCUT2D eigenvalue weighted by Crippen LogP contribution is 2.30. The molecule has 156 valence electrons. The zero-order valence-electron chi connectivity index (χ0n) is 16.5. The van der Waals surface area contributed by atoms with Gasteiger partial charge in [-0.2, -0.15) is 0 Å². The van der Waals surface area contributed by atoms with Crippen LogP contribution in [0.25, 0.3) is 20.9 Å². The smallest absolute Gasteiger partial charge is 0.359 e. The molecule has 1 amide bonds. The lowest BCUT2D eigenvalue weighted by Crippen LogP contribution is -2.34. The summed E-state index contributed by atoms with van der Waals surface area (Å²) in [7, 11) is 0. The number of nitrogens with zero attached hydrogens (tertiary/aromatic N) is 4. The Labute approximate surface area is 181 Å². The Hall–Kier alpha value is -3.72. The number of carbonyl (C=O) groups excluding carboxylic acids is 2. The normalized spacial score (nSPS) is 10.8. The first kappa shape index (κ1) is 20.5. The highest BCUT2D eigenvalue weighted by molar-refractivity contribution is 7.21. The van der Waals surface area contributed by atoms with E-state index >= 15 is 0 Å². The van der Waals surface area contributed by atoms with Gasteiger partial charge in [-0.05, 0) is 43.3 Å². The molecule has 9 heteroatoms. The number of anilines is 1. The van der Waals surface area contributed by atoms with Crippen molar-refractivity contribution in [3.63, 3.8) is 0 Å². The Morgan fingerprint density at radius 1 is 1.06 bits per heavy atom. The number of benzene rings is 2. The van der Waals surface area contributed by atoms with E-state index < -0.39 is 24.3 Å². The van der Waals surface area contributed by atoms with Crippen molar-refractivity contribution in [1.82, 2.24) is 15.0 Å². The molecule has 0 aliphatic heterocycles. The molecular weight excluding hydrogens is 419 g/mol. The first-order valence-corrected chi connectivity index (χ1v) is 10.3. The molecule has 0 aliphatic rings. The highest BCUT2D eigenvalue weighted by atomic mass is 32.1. The van der Waals surface area contributed by atoms with E-state index in [1.165, 1.54) is 52.9 Å². The Morgan fingerprint density at radius 2 is 1.81 bits per heavy atom. The van der Waals surface area contributed by atoms with Crippen molar-refractivity contribution in [2.45, 2.75) is 6.92 Å². The van der Waals surface area contributed by atoms with E-state index in [1.807, 2.05) is 24.3 Å². The molecule has 31 heavy (non-hydrogen) atoms. The summed E-state index contributed by atoms with van der Waals surface area (Å²) < 4.78 is 19.3. The Bertz CT molecular complexity index is 1210. The van der Waals surface area contributed by atoms with Crippen LogP contribution < -0.4 is 4.90 Å². The van der Waals surface area contributed by atoms with Gasteiger partial charge in [0.25, 0.3) is 5.91 Å². The van der Waals surface area contributed by atoms with E-state index in [0.717, 1.165) is 10.2 Å². The number of likely N-dealkylation sites (N-methyl/N-ethyl adjacent to an activating group) is 1. The summed E-state index contributed by atoms with van der Waals surface area (Å²) >= 11 is 1.39. The zero-order valence-corrected chi connectivity index (χ0v) is 17.3. The van der Waals surface area contributed by atoms with Crippen LogP contribution in [0.4, 0.5) is 10.1 Å². The van der Waals surface area contributed by atoms with Crippen molar-refractivity contribution >= 4 is 39.1 Å². The van der Waals surface area contributed by atoms with Gasteiger partial charge in [-0.1, -0.05) is 12.1 Å². The Balaban J connectivity index is 1.51. The van der Waals surface area contributed by atoms with Crippen molar-refractivity contribution in [2.24, 2.45) is 0 Å². The molecule has 0 radical (unpaired) electrons. The monoisotopic (exact) mass is 436 g/mol. The number of hydrogen-bond donors (Lipinski definition) is 0. The summed E-state index contributed by atoms with van der Waals surface area (Å²) in [6.45, 7) is 1.63. The van der Waals surface area contributed by atoms with Gasteiger partial charge in [-0.15, -0.1) is 11.3 Å². The van der Waals surface area contributed by atoms with Crippen LogP contribution in [0.1, 0.15) is 17.4 Å². The minimum Gasteiger partial charge on any atom is -0.451 e. The molecule has 0 aliphatic carbocycles. The lowest BCUT2D eigenvalue weighted by Gasteiger charge is -2.20. The van der Waals surface area contributed by atoms with Gasteiger partial charge in [-0.3, -0.25) is 4.79 Å². The molecule has 4 rings (SSSR count). The van der Waals surface area contributed by atoms with Gasteiger partial charge in [0.05, 0.1) is 10.2 Å². The van der Waals surface area contributed by atoms with Gasteiger partial charge in [0.15, 0.2) is 12.3 Å². The van der Waals surface area contributed by atoms with Gasteiger partial charge >= 0.3 is 5.97 Å². The van der Waals surface area contributed by atoms with Crippen molar-refractivity contribution in [2.75, 3.05) is 18.1 Å². The molecule has 0 atom stereocenters. The third-order valence-corrected chi connectivity index (χ3v) is 5.51. The lowest BCUT2D eigenvalue weighted by molar-refractivity contribution is -0.121. The number of thiazole rings is 1. The predicted molar refractivity (Wildman–Crippen MR) is 115 cm³/mol. The topological polar surface area (TPSA) is 85.3 Å². The third-order valence-electron chi connectivity index (χ3n) is 4.47. The van der Waals surface area contributed by atoms with Crippen molar-refractivity contribution < 1.29 is 18.7 Å². The van der Waals surface area contributed by atoms with Crippen LogP contribution in [0, 0.1) is 5.82 Å². The molecule has 0 fully saturated rings. The third kappa shape index (κ3) is 4.41. The summed E-state index contributed by atoms with van der Waals surface area (Å²) in [6.07, 6.45) is 2.85. The van der Waals surface area contributed by atoms with Crippen molar-refractivity contribution in [3.05, 3.63) is 72.4 Å². The van der Waals surface area contributed by atoms with Gasteiger partial charge < -0.3 is 9.64 Å². The average Bonchev–Trinajstić information content (AvgIpc) is 3.23. The van der Waals surface area contributed by atoms with E-state index in [2.05, 4.69) is 15.0 Å². The van der Waals surface area contributed by atoms with Crippen LogP contribution in [0.3, 0.4) is 0 Å². The maximum absolute atomic E-state index is 13.2. The first-order chi connectivity index (χ1) is 15.1. The second kappa shape index (κ2) is 8.97. The van der Waals surface area contributed by atoms with Crippen LogP contribution in [0.15, 0.2) is 60.9 Å². The summed E-state index contributed by atoms with van der Waals surface area (Å²) in [4.78, 5) is 39.5. The van der Waals surface area contributed by atoms with Crippen molar-refractivity contribution in [3.8, 4) is 10.7 Å². The fourth-order valence-corrected chi connectivity index (χ4v) is 3.98. The molecule has 0 N–H and O–H groups in total. The van der Waals surface area contributed by atoms with Gasteiger partial charge in [0.1, 0.15) is 16.5 Å². The minimum atomic E-state index is -0.772. The Kier molecular flexibility index (Phi) is 5.94. The van der Waals surface area contributed by atoms with Crippen molar-refractivity contribution in [1.29, 1.82) is 0 Å². The molecule has 4 aromatic rings. The van der Waals surface area contributed by atoms with Gasteiger partial charge in [0, 0.05) is 24.6 Å². The molecule has 7 nitrogen and oxygen atoms in total. The molecule has 0 bridgehead atoms. The largest absolute Gasteiger partial charge is 0.451 e. The minimum absolute atomic E-state index is 0.0146. The Morgan fingerprint density at radius 3 is 2.55 bits per heavy atom. The second-order valence-electron chi connectivity index (χ2n) is 6.43. The van der Waals surface area contributed by atoms with Crippen LogP contribution in [0.5, 0.6) is 0 Å². The van der Waals surface area contributed by atoms with E-state index in [9.17, 15) is 14.0 Å². The summed E-state index contributed by atoms with van der Waals surface area (Å²) in [5, 5.41) is 0.536. The van der Waals surface area contributed by atoms with Crippen LogP contribution in [-0.4, -0.2) is 40.0 Å². The van der Waals surface area contributed by atoms with E-state index in [-0.39, 0.29) is 5.69 Å². The molecule has 2 heterocycles. The first-order valence-electron chi connectivity index (χ1n) is 9.47. The van der Waals surface area contributed by atoms with Gasteiger partial charge in [-0.25, -0.2) is 24.1 Å². The standard InChI is InChI=1S/C22H17FN4O3S/c1-2-27(15-9-7-14(23)8-10-15)18(28)13-30-22(29)20-19(24-11-12-25-20)21-26-16-5-3-4-6-17(16)31-21/h3-12H,2,13H2,1H3. The number of hydrogen-bond acceptors (Lipinski definition) is 7. The maximum Gasteiger partial charge on any atom is 0.359 e. The zero-order chi connectivity index (χ0) is 21.8. The molecule has 0 saturated heterocycles. The molecule has 0 unspecified atom stereocenters. The maximum atomic E-state index is 13.2. The number of aromatic nitrogens is 3. The van der Waals surface area contributed by atoms with Gasteiger partial charge in [0.2, 0.25) is 0 Å². The summed E-state index contributed by atoms with van der Waals surface area (Å²) in [6, 6.07) is 13.1. The molecule has 2 aromatic heterocycles.